The third-order valence-electron chi connectivity index (χ3n) is 2.65. The van der Waals surface area contributed by atoms with Crippen LogP contribution >= 0.6 is 0 Å². The number of carbonyl (C=O) groups is 1. The Morgan fingerprint density at radius 1 is 1.29 bits per heavy atom. The summed E-state index contributed by atoms with van der Waals surface area (Å²) in [4.78, 5) is 13.9. The van der Waals surface area contributed by atoms with E-state index < -0.39 is 0 Å². The van der Waals surface area contributed by atoms with Gasteiger partial charge in [-0.1, -0.05) is 50.3 Å². The highest BCUT2D eigenvalue weighted by Crippen LogP contribution is 2.09. The van der Waals surface area contributed by atoms with Crippen molar-refractivity contribution in [3.05, 3.63) is 48.0 Å². The molecule has 0 fully saturated rings. The first-order valence-corrected chi connectivity index (χ1v) is 6.14. The molecule has 0 atom stereocenters. The lowest BCUT2D eigenvalue weighted by Gasteiger charge is -2.22. The Balaban J connectivity index is 2.70. The van der Waals surface area contributed by atoms with Gasteiger partial charge in [0.25, 0.3) is 0 Å². The topological polar surface area (TPSA) is 20.3 Å². The summed E-state index contributed by atoms with van der Waals surface area (Å²) in [6.07, 6.45) is 2.13. The van der Waals surface area contributed by atoms with Crippen molar-refractivity contribution in [2.24, 2.45) is 0 Å². The molecule has 2 nitrogen and oxygen atoms in total. The summed E-state index contributed by atoms with van der Waals surface area (Å²) in [5.41, 5.74) is 1.77. The van der Waals surface area contributed by atoms with Crippen LogP contribution in [0.5, 0.6) is 0 Å². The highest BCUT2D eigenvalue weighted by molar-refractivity contribution is 5.92. The molecule has 17 heavy (non-hydrogen) atoms. The van der Waals surface area contributed by atoms with Gasteiger partial charge in [-0.2, -0.15) is 0 Å². The van der Waals surface area contributed by atoms with Gasteiger partial charge < -0.3 is 4.90 Å². The molecule has 0 bridgehead atoms. The molecule has 1 rings (SSSR count). The number of rotatable bonds is 6. The molecule has 0 saturated carbocycles. The highest BCUT2D eigenvalue weighted by atomic mass is 16.2. The molecule has 0 aliphatic rings. The van der Waals surface area contributed by atoms with E-state index in [9.17, 15) is 4.79 Å². The summed E-state index contributed by atoms with van der Waals surface area (Å²) in [5.74, 6) is 0.0577. The first kappa shape index (κ1) is 13.5. The van der Waals surface area contributed by atoms with Gasteiger partial charge in [0.15, 0.2) is 0 Å². The molecule has 0 aliphatic carbocycles. The second-order valence-corrected chi connectivity index (χ2v) is 4.35. The first-order chi connectivity index (χ1) is 8.15. The normalized spacial score (nSPS) is 10.0. The predicted molar refractivity (Wildman–Crippen MR) is 71.6 cm³/mol. The Morgan fingerprint density at radius 3 is 2.47 bits per heavy atom. The fourth-order valence-electron chi connectivity index (χ4n) is 1.68. The molecular weight excluding hydrogens is 210 g/mol. The van der Waals surface area contributed by atoms with Gasteiger partial charge in [0, 0.05) is 18.7 Å². The lowest BCUT2D eigenvalue weighted by molar-refractivity contribution is -0.127. The molecule has 0 saturated heterocycles. The minimum Gasteiger partial charge on any atom is -0.335 e. The van der Waals surface area contributed by atoms with Crippen molar-refractivity contribution in [1.82, 2.24) is 4.90 Å². The quantitative estimate of drug-likeness (QED) is 0.687. The molecule has 0 unspecified atom stereocenters. The van der Waals surface area contributed by atoms with E-state index in [0.717, 1.165) is 19.4 Å². The second kappa shape index (κ2) is 6.89. The third-order valence-corrected chi connectivity index (χ3v) is 2.65. The van der Waals surface area contributed by atoms with Crippen LogP contribution in [0.25, 0.3) is 0 Å². The maximum Gasteiger partial charge on any atom is 0.249 e. The summed E-state index contributed by atoms with van der Waals surface area (Å²) in [6.45, 7) is 9.11. The van der Waals surface area contributed by atoms with Crippen molar-refractivity contribution in [1.29, 1.82) is 0 Å². The number of nitrogens with zero attached hydrogens (tertiary/aromatic N) is 1. The highest BCUT2D eigenvalue weighted by Gasteiger charge is 2.13. The fraction of sp³-hybridized carbons (Fsp3) is 0.400. The zero-order chi connectivity index (χ0) is 12.7. The van der Waals surface area contributed by atoms with E-state index >= 15 is 0 Å². The van der Waals surface area contributed by atoms with Gasteiger partial charge in [0.1, 0.15) is 0 Å². The van der Waals surface area contributed by atoms with Crippen molar-refractivity contribution < 1.29 is 4.79 Å². The maximum absolute atomic E-state index is 12.0. The Bertz CT molecular complexity index is 370. The zero-order valence-electron chi connectivity index (χ0n) is 10.8. The van der Waals surface area contributed by atoms with Crippen LogP contribution in [-0.4, -0.2) is 17.4 Å². The molecule has 1 aromatic carbocycles. The lowest BCUT2D eigenvalue weighted by Crippen LogP contribution is -2.31. The Morgan fingerprint density at radius 2 is 1.94 bits per heavy atom. The molecule has 0 heterocycles. The number of unbranched alkanes of at least 4 members (excludes halogenated alkanes) is 1. The van der Waals surface area contributed by atoms with Crippen molar-refractivity contribution >= 4 is 5.91 Å². The lowest BCUT2D eigenvalue weighted by atomic mass is 10.2. The van der Waals surface area contributed by atoms with Crippen molar-refractivity contribution in [2.75, 3.05) is 6.54 Å². The van der Waals surface area contributed by atoms with E-state index in [-0.39, 0.29) is 5.91 Å². The largest absolute Gasteiger partial charge is 0.335 e. The number of hydrogen-bond acceptors (Lipinski definition) is 1. The van der Waals surface area contributed by atoms with Gasteiger partial charge in [-0.15, -0.1) is 0 Å². The molecular formula is C15H21NO. The fourth-order valence-corrected chi connectivity index (χ4v) is 1.68. The molecule has 92 valence electrons. The first-order valence-electron chi connectivity index (χ1n) is 6.14. The standard InChI is InChI=1S/C15H21NO/c1-4-5-11-16(15(17)13(2)3)12-14-9-7-6-8-10-14/h6-10H,2,4-5,11-12H2,1,3H3. The molecule has 0 aromatic heterocycles. The molecule has 1 amide bonds. The van der Waals surface area contributed by atoms with Crippen LogP contribution in [0.2, 0.25) is 0 Å². The van der Waals surface area contributed by atoms with Crippen LogP contribution in [0.15, 0.2) is 42.5 Å². The summed E-state index contributed by atoms with van der Waals surface area (Å²) < 4.78 is 0. The number of hydrogen-bond donors (Lipinski definition) is 0. The Labute approximate surface area is 104 Å². The van der Waals surface area contributed by atoms with Gasteiger partial charge in [0.2, 0.25) is 5.91 Å². The van der Waals surface area contributed by atoms with E-state index in [1.807, 2.05) is 35.2 Å². The molecule has 0 aliphatic heterocycles. The maximum atomic E-state index is 12.0. The minimum absolute atomic E-state index is 0.0577. The number of benzene rings is 1. The van der Waals surface area contributed by atoms with Crippen LogP contribution in [0, 0.1) is 0 Å². The van der Waals surface area contributed by atoms with E-state index in [0.29, 0.717) is 12.1 Å². The van der Waals surface area contributed by atoms with Gasteiger partial charge in [-0.3, -0.25) is 4.79 Å². The summed E-state index contributed by atoms with van der Waals surface area (Å²) in [5, 5.41) is 0. The monoisotopic (exact) mass is 231 g/mol. The van der Waals surface area contributed by atoms with Crippen LogP contribution in [-0.2, 0) is 11.3 Å². The summed E-state index contributed by atoms with van der Waals surface area (Å²) >= 11 is 0. The van der Waals surface area contributed by atoms with Crippen LogP contribution in [0.3, 0.4) is 0 Å². The van der Waals surface area contributed by atoms with E-state index in [1.54, 1.807) is 6.92 Å². The SMILES string of the molecule is C=C(C)C(=O)N(CCCC)Cc1ccccc1. The molecule has 0 radical (unpaired) electrons. The van der Waals surface area contributed by atoms with Crippen molar-refractivity contribution in [3.63, 3.8) is 0 Å². The van der Waals surface area contributed by atoms with Gasteiger partial charge in [0.05, 0.1) is 0 Å². The number of amides is 1. The summed E-state index contributed by atoms with van der Waals surface area (Å²) in [6, 6.07) is 10.1. The van der Waals surface area contributed by atoms with Crippen LogP contribution in [0.4, 0.5) is 0 Å². The Kier molecular flexibility index (Phi) is 5.47. The van der Waals surface area contributed by atoms with E-state index in [4.69, 9.17) is 0 Å². The molecule has 0 N–H and O–H groups in total. The van der Waals surface area contributed by atoms with E-state index in [2.05, 4.69) is 13.5 Å². The van der Waals surface area contributed by atoms with Gasteiger partial charge in [-0.25, -0.2) is 0 Å². The molecule has 0 spiro atoms. The average Bonchev–Trinajstić information content (AvgIpc) is 2.34. The third kappa shape index (κ3) is 4.43. The second-order valence-electron chi connectivity index (χ2n) is 4.35. The average molecular weight is 231 g/mol. The minimum atomic E-state index is 0.0577. The van der Waals surface area contributed by atoms with E-state index in [1.165, 1.54) is 5.56 Å². The zero-order valence-corrected chi connectivity index (χ0v) is 10.8. The summed E-state index contributed by atoms with van der Waals surface area (Å²) in [7, 11) is 0. The molecule has 2 heteroatoms. The van der Waals surface area contributed by atoms with Crippen LogP contribution in [0.1, 0.15) is 32.3 Å². The predicted octanol–water partition coefficient (Wildman–Crippen LogP) is 3.39. The molecule has 1 aromatic rings. The van der Waals surface area contributed by atoms with Crippen molar-refractivity contribution in [3.8, 4) is 0 Å². The van der Waals surface area contributed by atoms with Gasteiger partial charge in [-0.05, 0) is 18.9 Å². The van der Waals surface area contributed by atoms with Crippen LogP contribution < -0.4 is 0 Å². The van der Waals surface area contributed by atoms with Crippen molar-refractivity contribution in [2.45, 2.75) is 33.2 Å². The van der Waals surface area contributed by atoms with Gasteiger partial charge >= 0.3 is 0 Å². The number of carbonyl (C=O) groups excluding carboxylic acids is 1. The smallest absolute Gasteiger partial charge is 0.249 e. The Hall–Kier alpha value is -1.57.